The zero-order valence-corrected chi connectivity index (χ0v) is 18.2. The van der Waals surface area contributed by atoms with Crippen molar-refractivity contribution in [1.82, 2.24) is 5.32 Å². The van der Waals surface area contributed by atoms with Gasteiger partial charge in [-0.25, -0.2) is 13.7 Å². The summed E-state index contributed by atoms with van der Waals surface area (Å²) in [5.41, 5.74) is -0.0338. The summed E-state index contributed by atoms with van der Waals surface area (Å²) in [4.78, 5) is 41.9. The highest BCUT2D eigenvalue weighted by molar-refractivity contribution is 6.25. The summed E-state index contributed by atoms with van der Waals surface area (Å²) >= 11 is 0. The Balaban J connectivity index is 1.49. The van der Waals surface area contributed by atoms with Gasteiger partial charge in [-0.3, -0.25) is 19.7 Å². The van der Waals surface area contributed by atoms with Gasteiger partial charge < -0.3 is 10.4 Å². The van der Waals surface area contributed by atoms with Crippen LogP contribution >= 0.6 is 0 Å². The van der Waals surface area contributed by atoms with E-state index < -0.39 is 52.8 Å². The van der Waals surface area contributed by atoms with Gasteiger partial charge in [0.05, 0.1) is 17.5 Å². The van der Waals surface area contributed by atoms with Crippen LogP contribution in [0.1, 0.15) is 11.1 Å². The maximum atomic E-state index is 14.3. The number of fused-ring (bicyclic) bond motifs is 4. The predicted molar refractivity (Wildman–Crippen MR) is 121 cm³/mol. The van der Waals surface area contributed by atoms with Gasteiger partial charge in [0, 0.05) is 17.3 Å². The molecule has 0 radical (unpaired) electrons. The van der Waals surface area contributed by atoms with Crippen LogP contribution in [0.5, 0.6) is 5.75 Å². The Morgan fingerprint density at radius 1 is 0.886 bits per heavy atom. The van der Waals surface area contributed by atoms with Crippen LogP contribution in [0.25, 0.3) is 0 Å². The van der Waals surface area contributed by atoms with Crippen LogP contribution in [0, 0.1) is 23.5 Å². The monoisotopic (exact) mass is 475 g/mol. The van der Waals surface area contributed by atoms with Crippen molar-refractivity contribution in [2.75, 3.05) is 10.2 Å². The zero-order valence-electron chi connectivity index (χ0n) is 18.2. The fourth-order valence-corrected chi connectivity index (χ4v) is 5.68. The minimum absolute atomic E-state index is 0.0802. The number of amides is 3. The lowest BCUT2D eigenvalue weighted by molar-refractivity contribution is -0.130. The molecular weight excluding hydrogens is 456 g/mol. The van der Waals surface area contributed by atoms with Crippen LogP contribution < -0.4 is 15.5 Å². The topological polar surface area (TPSA) is 98.7 Å². The first-order valence-corrected chi connectivity index (χ1v) is 11.1. The van der Waals surface area contributed by atoms with Crippen molar-refractivity contribution >= 4 is 29.1 Å². The van der Waals surface area contributed by atoms with Gasteiger partial charge in [0.15, 0.2) is 0 Å². The molecule has 0 aromatic heterocycles. The van der Waals surface area contributed by atoms with Crippen molar-refractivity contribution in [2.45, 2.75) is 18.0 Å². The first kappa shape index (κ1) is 21.4. The minimum atomic E-state index is -1.65. The molecule has 1 spiro atoms. The molecule has 0 aliphatic carbocycles. The number of rotatable bonds is 3. The lowest BCUT2D eigenvalue weighted by atomic mass is 9.76. The summed E-state index contributed by atoms with van der Waals surface area (Å²) in [5.74, 6) is -4.74. The number of nitrogens with zero attached hydrogens (tertiary/aromatic N) is 1. The summed E-state index contributed by atoms with van der Waals surface area (Å²) in [7, 11) is 0. The van der Waals surface area contributed by atoms with Gasteiger partial charge in [0.1, 0.15) is 22.9 Å². The summed E-state index contributed by atoms with van der Waals surface area (Å²) in [6.45, 7) is 0. The van der Waals surface area contributed by atoms with Crippen LogP contribution in [0.2, 0.25) is 0 Å². The zero-order chi connectivity index (χ0) is 24.5. The highest BCUT2D eigenvalue weighted by atomic mass is 19.1. The first-order valence-electron chi connectivity index (χ1n) is 11.1. The molecule has 3 aromatic carbocycles. The fourth-order valence-electron chi connectivity index (χ4n) is 5.68. The lowest BCUT2D eigenvalue weighted by Gasteiger charge is -2.29. The van der Waals surface area contributed by atoms with Crippen LogP contribution in [-0.4, -0.2) is 28.9 Å². The number of anilines is 2. The second-order valence-electron chi connectivity index (χ2n) is 9.07. The molecule has 35 heavy (non-hydrogen) atoms. The Kier molecular flexibility index (Phi) is 4.56. The fraction of sp³-hybridized carbons (Fsp3) is 0.192. The van der Waals surface area contributed by atoms with Gasteiger partial charge in [-0.05, 0) is 66.6 Å². The van der Waals surface area contributed by atoms with Gasteiger partial charge in [-0.1, -0.05) is 12.1 Å². The molecule has 4 atom stereocenters. The molecule has 3 amide bonds. The molecule has 7 nitrogen and oxygen atoms in total. The molecule has 3 heterocycles. The molecule has 9 heteroatoms. The number of nitrogens with one attached hydrogen (secondary N) is 2. The maximum Gasteiger partial charge on any atom is 0.250 e. The van der Waals surface area contributed by atoms with Gasteiger partial charge in [-0.2, -0.15) is 0 Å². The Morgan fingerprint density at radius 3 is 2.29 bits per heavy atom. The van der Waals surface area contributed by atoms with Crippen molar-refractivity contribution in [3.05, 3.63) is 89.5 Å². The third kappa shape index (κ3) is 3.01. The molecular formula is C26H19F2N3O4. The number of hydrogen-bond acceptors (Lipinski definition) is 5. The molecule has 6 rings (SSSR count). The quantitative estimate of drug-likeness (QED) is 0.506. The predicted octanol–water partition coefficient (Wildman–Crippen LogP) is 2.84. The molecule has 3 aromatic rings. The third-order valence-electron chi connectivity index (χ3n) is 7.15. The van der Waals surface area contributed by atoms with Crippen LogP contribution in [0.4, 0.5) is 20.2 Å². The van der Waals surface area contributed by atoms with E-state index >= 15 is 0 Å². The number of phenolic OH excluding ortho intramolecular Hbond substituents is 1. The molecule has 3 aliphatic rings. The lowest BCUT2D eigenvalue weighted by Crippen LogP contribution is -2.53. The van der Waals surface area contributed by atoms with Crippen molar-refractivity contribution in [2.24, 2.45) is 11.8 Å². The number of aromatic hydroxyl groups is 1. The van der Waals surface area contributed by atoms with Crippen LogP contribution in [0.15, 0.2) is 66.7 Å². The number of hydrogen-bond donors (Lipinski definition) is 3. The summed E-state index contributed by atoms with van der Waals surface area (Å²) in [6, 6.07) is 14.6. The molecule has 0 saturated carbocycles. The van der Waals surface area contributed by atoms with Crippen molar-refractivity contribution < 1.29 is 28.3 Å². The van der Waals surface area contributed by atoms with Gasteiger partial charge in [0.2, 0.25) is 17.7 Å². The number of benzene rings is 3. The second kappa shape index (κ2) is 7.44. The molecule has 0 unspecified atom stereocenters. The van der Waals surface area contributed by atoms with Gasteiger partial charge >= 0.3 is 0 Å². The average molecular weight is 475 g/mol. The largest absolute Gasteiger partial charge is 0.508 e. The van der Waals surface area contributed by atoms with E-state index in [9.17, 15) is 28.3 Å². The SMILES string of the molecule is O=C1[C@@H]2[C@@H](Cc3ccc(O)cc3)N[C@@]3(C(=O)Nc4ccc(F)cc43)[C@H]2C(=O)N1c1ccc(F)cc1. The summed E-state index contributed by atoms with van der Waals surface area (Å²) < 4.78 is 27.8. The van der Waals surface area contributed by atoms with E-state index in [-0.39, 0.29) is 23.4 Å². The first-order chi connectivity index (χ1) is 16.8. The highest BCUT2D eigenvalue weighted by Gasteiger charge is 2.70. The molecule has 3 N–H and O–H groups in total. The second-order valence-corrected chi connectivity index (χ2v) is 9.07. The molecule has 176 valence electrons. The molecule has 3 aliphatic heterocycles. The normalized spacial score (nSPS) is 26.9. The number of phenols is 1. The summed E-state index contributed by atoms with van der Waals surface area (Å²) in [5, 5.41) is 15.6. The third-order valence-corrected chi connectivity index (χ3v) is 7.15. The van der Waals surface area contributed by atoms with E-state index in [1.54, 1.807) is 12.1 Å². The summed E-state index contributed by atoms with van der Waals surface area (Å²) in [6.07, 6.45) is 0.275. The molecule has 0 bridgehead atoms. The number of carbonyl (C=O) groups is 3. The Labute approximate surface area is 198 Å². The van der Waals surface area contributed by atoms with Crippen molar-refractivity contribution in [1.29, 1.82) is 0 Å². The number of halogens is 2. The van der Waals surface area contributed by atoms with E-state index in [1.807, 2.05) is 0 Å². The van der Waals surface area contributed by atoms with Crippen molar-refractivity contribution in [3.63, 3.8) is 0 Å². The van der Waals surface area contributed by atoms with Crippen LogP contribution in [0.3, 0.4) is 0 Å². The standard InChI is InChI=1S/C26H19F2N3O4/c27-14-3-6-16(7-4-14)31-23(33)21-20(11-13-1-8-17(32)9-2-13)30-26(22(21)24(31)34)18-12-15(28)5-10-19(18)29-25(26)35/h1-10,12,20-22,30,32H,11H2,(H,29,35)/t20-,21-,22-,26-/m1/s1. The number of imide groups is 1. The highest BCUT2D eigenvalue weighted by Crippen LogP contribution is 2.54. The average Bonchev–Trinajstić information content (AvgIpc) is 3.41. The van der Waals surface area contributed by atoms with Gasteiger partial charge in [0.25, 0.3) is 0 Å². The van der Waals surface area contributed by atoms with E-state index in [2.05, 4.69) is 10.6 Å². The van der Waals surface area contributed by atoms with E-state index in [0.29, 0.717) is 5.69 Å². The van der Waals surface area contributed by atoms with E-state index in [0.717, 1.165) is 22.6 Å². The molecule has 2 saturated heterocycles. The van der Waals surface area contributed by atoms with Crippen molar-refractivity contribution in [3.8, 4) is 5.75 Å². The van der Waals surface area contributed by atoms with Crippen LogP contribution in [-0.2, 0) is 26.3 Å². The smallest absolute Gasteiger partial charge is 0.250 e. The Bertz CT molecular complexity index is 1390. The molecule has 2 fully saturated rings. The maximum absolute atomic E-state index is 14.3. The Morgan fingerprint density at radius 2 is 1.57 bits per heavy atom. The van der Waals surface area contributed by atoms with E-state index in [1.165, 1.54) is 42.5 Å². The minimum Gasteiger partial charge on any atom is -0.508 e. The Hall–Kier alpha value is -4.11. The van der Waals surface area contributed by atoms with E-state index in [4.69, 9.17) is 0 Å². The number of carbonyl (C=O) groups excluding carboxylic acids is 3. The van der Waals surface area contributed by atoms with Gasteiger partial charge in [-0.15, -0.1) is 0 Å².